The number of Topliss-reactive ketones (excluding diaryl/α,β-unsaturated/α-hetero) is 1. The Labute approximate surface area is 115 Å². The molecule has 1 aromatic carbocycles. The van der Waals surface area contributed by atoms with Gasteiger partial charge in [-0.1, -0.05) is 12.1 Å². The number of carbonyl (C=O) groups excluding carboxylic acids is 2. The van der Waals surface area contributed by atoms with E-state index in [-0.39, 0.29) is 18.9 Å². The van der Waals surface area contributed by atoms with Gasteiger partial charge in [0.25, 0.3) is 6.43 Å². The fourth-order valence-electron chi connectivity index (χ4n) is 1.40. The Balaban J connectivity index is 2.32. The third-order valence-electron chi connectivity index (χ3n) is 2.30. The quantitative estimate of drug-likeness (QED) is 0.597. The topological polar surface area (TPSA) is 67.4 Å². The van der Waals surface area contributed by atoms with Crippen LogP contribution in [0.25, 0.3) is 0 Å². The Morgan fingerprint density at radius 3 is 2.75 bits per heavy atom. The summed E-state index contributed by atoms with van der Waals surface area (Å²) in [7, 11) is 0. The summed E-state index contributed by atoms with van der Waals surface area (Å²) in [6, 6.07) is 5.99. The summed E-state index contributed by atoms with van der Waals surface area (Å²) in [4.78, 5) is 22.7. The van der Waals surface area contributed by atoms with Crippen molar-refractivity contribution in [2.45, 2.75) is 13.3 Å². The minimum atomic E-state index is -2.52. The molecule has 0 saturated carbocycles. The number of amides is 2. The first-order chi connectivity index (χ1) is 9.49. The van der Waals surface area contributed by atoms with Gasteiger partial charge in [0.15, 0.2) is 5.78 Å². The van der Waals surface area contributed by atoms with E-state index in [9.17, 15) is 18.4 Å². The number of ketones is 1. The lowest BCUT2D eigenvalue weighted by molar-refractivity contribution is 0.0194. The predicted molar refractivity (Wildman–Crippen MR) is 70.3 cm³/mol. The van der Waals surface area contributed by atoms with Crippen molar-refractivity contribution in [3.63, 3.8) is 0 Å². The molecule has 0 unspecified atom stereocenters. The van der Waals surface area contributed by atoms with Crippen LogP contribution in [0.1, 0.15) is 17.3 Å². The molecule has 0 aliphatic heterocycles. The minimum absolute atomic E-state index is 0.00520. The number of anilines is 1. The van der Waals surface area contributed by atoms with Crippen LogP contribution in [-0.4, -0.2) is 38.0 Å². The Hall–Kier alpha value is -2.02. The molecule has 0 fully saturated rings. The molecule has 0 aliphatic rings. The van der Waals surface area contributed by atoms with Crippen LogP contribution in [0.2, 0.25) is 0 Å². The van der Waals surface area contributed by atoms with Crippen LogP contribution in [-0.2, 0) is 4.74 Å². The molecule has 110 valence electrons. The zero-order valence-corrected chi connectivity index (χ0v) is 11.0. The van der Waals surface area contributed by atoms with Crippen LogP contribution in [0.15, 0.2) is 24.3 Å². The first-order valence-electron chi connectivity index (χ1n) is 6.01. The van der Waals surface area contributed by atoms with Gasteiger partial charge >= 0.3 is 6.03 Å². The lowest BCUT2D eigenvalue weighted by atomic mass is 10.1. The molecule has 0 saturated heterocycles. The van der Waals surface area contributed by atoms with Gasteiger partial charge in [-0.15, -0.1) is 0 Å². The number of rotatable bonds is 7. The van der Waals surface area contributed by atoms with Crippen molar-refractivity contribution in [1.29, 1.82) is 0 Å². The smallest absolute Gasteiger partial charge is 0.319 e. The number of halogens is 2. The van der Waals surface area contributed by atoms with E-state index in [1.165, 1.54) is 6.92 Å². The first-order valence-corrected chi connectivity index (χ1v) is 6.01. The van der Waals surface area contributed by atoms with Crippen molar-refractivity contribution >= 4 is 17.5 Å². The molecule has 1 rings (SSSR count). The van der Waals surface area contributed by atoms with Crippen molar-refractivity contribution < 1.29 is 23.1 Å². The van der Waals surface area contributed by atoms with Crippen LogP contribution in [0.3, 0.4) is 0 Å². The number of benzene rings is 1. The maximum atomic E-state index is 11.8. The van der Waals surface area contributed by atoms with Crippen molar-refractivity contribution in [3.8, 4) is 0 Å². The highest BCUT2D eigenvalue weighted by Gasteiger charge is 2.05. The molecule has 7 heteroatoms. The van der Waals surface area contributed by atoms with Gasteiger partial charge in [-0.05, 0) is 19.1 Å². The molecule has 1 aromatic rings. The molecule has 20 heavy (non-hydrogen) atoms. The zero-order valence-electron chi connectivity index (χ0n) is 11.0. The average molecular weight is 286 g/mol. The van der Waals surface area contributed by atoms with E-state index in [1.54, 1.807) is 24.3 Å². The number of hydrogen-bond donors (Lipinski definition) is 2. The molecule has 0 heterocycles. The molecule has 0 spiro atoms. The Morgan fingerprint density at radius 2 is 2.10 bits per heavy atom. The number of ether oxygens (including phenoxy) is 1. The fourth-order valence-corrected chi connectivity index (χ4v) is 1.40. The molecular formula is C13H16F2N2O3. The number of hydrogen-bond acceptors (Lipinski definition) is 3. The molecule has 0 radical (unpaired) electrons. The lowest BCUT2D eigenvalue weighted by Gasteiger charge is -2.08. The Bertz CT molecular complexity index is 467. The van der Waals surface area contributed by atoms with Gasteiger partial charge in [-0.3, -0.25) is 4.79 Å². The summed E-state index contributed by atoms with van der Waals surface area (Å²) < 4.78 is 28.1. The van der Waals surface area contributed by atoms with Gasteiger partial charge in [0, 0.05) is 17.8 Å². The largest absolute Gasteiger partial charge is 0.374 e. The first kappa shape index (κ1) is 16.0. The molecule has 2 N–H and O–H groups in total. The van der Waals surface area contributed by atoms with Gasteiger partial charge in [0.05, 0.1) is 6.61 Å². The van der Waals surface area contributed by atoms with Gasteiger partial charge < -0.3 is 15.4 Å². The zero-order chi connectivity index (χ0) is 15.0. The Kier molecular flexibility index (Phi) is 6.58. The predicted octanol–water partition coefficient (Wildman–Crippen LogP) is 2.29. The molecule has 0 aliphatic carbocycles. The average Bonchev–Trinajstić information content (AvgIpc) is 2.38. The van der Waals surface area contributed by atoms with Crippen molar-refractivity contribution in [2.75, 3.05) is 25.1 Å². The monoisotopic (exact) mass is 286 g/mol. The minimum Gasteiger partial charge on any atom is -0.374 e. The normalized spacial score (nSPS) is 10.4. The SMILES string of the molecule is CC(=O)c1cccc(NC(=O)NCCOCC(F)F)c1. The summed E-state index contributed by atoms with van der Waals surface area (Å²) in [6.45, 7) is 0.902. The highest BCUT2D eigenvalue weighted by molar-refractivity contribution is 5.96. The maximum absolute atomic E-state index is 11.8. The summed E-state index contributed by atoms with van der Waals surface area (Å²) >= 11 is 0. The van der Waals surface area contributed by atoms with Gasteiger partial charge in [-0.25, -0.2) is 13.6 Å². The second kappa shape index (κ2) is 8.21. The summed E-state index contributed by atoms with van der Waals surface area (Å²) in [5.41, 5.74) is 0.965. The number of nitrogens with one attached hydrogen (secondary N) is 2. The van der Waals surface area contributed by atoms with E-state index >= 15 is 0 Å². The third kappa shape index (κ3) is 6.24. The van der Waals surface area contributed by atoms with Crippen molar-refractivity contribution in [1.82, 2.24) is 5.32 Å². The van der Waals surface area contributed by atoms with Gasteiger partial charge in [-0.2, -0.15) is 0 Å². The summed E-state index contributed by atoms with van der Waals surface area (Å²) in [5, 5.41) is 4.98. The van der Waals surface area contributed by atoms with E-state index in [1.807, 2.05) is 0 Å². The van der Waals surface area contributed by atoms with Crippen molar-refractivity contribution in [3.05, 3.63) is 29.8 Å². The maximum Gasteiger partial charge on any atom is 0.319 e. The van der Waals surface area contributed by atoms with Crippen LogP contribution in [0, 0.1) is 0 Å². The molecule has 0 atom stereocenters. The second-order valence-corrected chi connectivity index (χ2v) is 3.98. The Morgan fingerprint density at radius 1 is 1.35 bits per heavy atom. The van der Waals surface area contributed by atoms with Crippen LogP contribution >= 0.6 is 0 Å². The molecular weight excluding hydrogens is 270 g/mol. The van der Waals surface area contributed by atoms with Crippen LogP contribution < -0.4 is 10.6 Å². The third-order valence-corrected chi connectivity index (χ3v) is 2.30. The van der Waals surface area contributed by atoms with Gasteiger partial charge in [0.2, 0.25) is 0 Å². The number of alkyl halides is 2. The van der Waals surface area contributed by atoms with E-state index in [2.05, 4.69) is 15.4 Å². The molecule has 0 aromatic heterocycles. The number of urea groups is 1. The lowest BCUT2D eigenvalue weighted by Crippen LogP contribution is -2.31. The fraction of sp³-hybridized carbons (Fsp3) is 0.385. The molecule has 2 amide bonds. The molecule has 5 nitrogen and oxygen atoms in total. The summed E-state index contributed by atoms with van der Waals surface area (Å²) in [5.74, 6) is -0.102. The van der Waals surface area contributed by atoms with Crippen LogP contribution in [0.4, 0.5) is 19.3 Å². The van der Waals surface area contributed by atoms with Crippen LogP contribution in [0.5, 0.6) is 0 Å². The highest BCUT2D eigenvalue weighted by Crippen LogP contribution is 2.10. The van der Waals surface area contributed by atoms with Gasteiger partial charge in [0.1, 0.15) is 6.61 Å². The number of carbonyl (C=O) groups is 2. The molecule has 0 bridgehead atoms. The van der Waals surface area contributed by atoms with E-state index in [0.717, 1.165) is 0 Å². The second-order valence-electron chi connectivity index (χ2n) is 3.98. The van der Waals surface area contributed by atoms with Crippen molar-refractivity contribution in [2.24, 2.45) is 0 Å². The standard InChI is InChI=1S/C13H16F2N2O3/c1-9(18)10-3-2-4-11(7-10)17-13(19)16-5-6-20-8-12(14)15/h2-4,7,12H,5-6,8H2,1H3,(H2,16,17,19). The highest BCUT2D eigenvalue weighted by atomic mass is 19.3. The van der Waals surface area contributed by atoms with E-state index < -0.39 is 19.1 Å². The van der Waals surface area contributed by atoms with E-state index in [4.69, 9.17) is 0 Å². The summed E-state index contributed by atoms with van der Waals surface area (Å²) in [6.07, 6.45) is -2.52. The van der Waals surface area contributed by atoms with E-state index in [0.29, 0.717) is 11.3 Å².